The van der Waals surface area contributed by atoms with Crippen LogP contribution in [0.15, 0.2) is 97.1 Å². The molecular formula is C28H22O4. The summed E-state index contributed by atoms with van der Waals surface area (Å²) in [6.07, 6.45) is 1.63. The van der Waals surface area contributed by atoms with Crippen LogP contribution in [0.25, 0.3) is 11.1 Å². The number of rotatable bonds is 9. The Morgan fingerprint density at radius 1 is 0.469 bits per heavy atom. The Labute approximate surface area is 187 Å². The zero-order valence-electron chi connectivity index (χ0n) is 17.4. The molecule has 0 amide bonds. The van der Waals surface area contributed by atoms with E-state index >= 15 is 0 Å². The molecule has 0 radical (unpaired) electrons. The van der Waals surface area contributed by atoms with Crippen molar-refractivity contribution in [1.29, 1.82) is 0 Å². The minimum atomic E-state index is 0.463. The Hall–Kier alpha value is -4.18. The topological polar surface area (TPSA) is 52.6 Å². The van der Waals surface area contributed by atoms with Crippen LogP contribution in [0.4, 0.5) is 0 Å². The molecule has 0 spiro atoms. The van der Waals surface area contributed by atoms with Gasteiger partial charge in [0.25, 0.3) is 0 Å². The summed E-state index contributed by atoms with van der Waals surface area (Å²) in [5.74, 6) is 1.47. The van der Waals surface area contributed by atoms with Gasteiger partial charge in [0.15, 0.2) is 0 Å². The van der Waals surface area contributed by atoms with Gasteiger partial charge in [0.2, 0.25) is 0 Å². The Kier molecular flexibility index (Phi) is 6.73. The standard InChI is InChI=1S/C28H22O4/c29-17-21-5-13-27(14-6-21)31-19-23-1-9-25(10-2-23)26-11-3-24(4-12-26)20-32-28-15-7-22(18-30)8-16-28/h1-18H,19-20H2. The van der Waals surface area contributed by atoms with Gasteiger partial charge < -0.3 is 9.47 Å². The third-order valence-corrected chi connectivity index (χ3v) is 5.08. The maximum atomic E-state index is 10.7. The summed E-state index contributed by atoms with van der Waals surface area (Å²) in [6.45, 7) is 0.926. The van der Waals surface area contributed by atoms with Crippen molar-refractivity contribution in [2.75, 3.05) is 0 Å². The highest BCUT2D eigenvalue weighted by Gasteiger charge is 2.02. The molecule has 32 heavy (non-hydrogen) atoms. The molecule has 0 aliphatic rings. The van der Waals surface area contributed by atoms with Gasteiger partial charge in [-0.2, -0.15) is 0 Å². The van der Waals surface area contributed by atoms with Crippen LogP contribution in [-0.4, -0.2) is 12.6 Å². The van der Waals surface area contributed by atoms with Crippen LogP contribution in [-0.2, 0) is 13.2 Å². The van der Waals surface area contributed by atoms with Crippen LogP contribution >= 0.6 is 0 Å². The SMILES string of the molecule is O=Cc1ccc(OCc2ccc(-c3ccc(COc4ccc(C=O)cc4)cc3)cc2)cc1. The third-order valence-electron chi connectivity index (χ3n) is 5.08. The molecular weight excluding hydrogens is 400 g/mol. The number of hydrogen-bond acceptors (Lipinski definition) is 4. The Bertz CT molecular complexity index is 1060. The lowest BCUT2D eigenvalue weighted by Crippen LogP contribution is -1.96. The molecule has 0 unspecified atom stereocenters. The molecule has 0 aromatic heterocycles. The fourth-order valence-electron chi connectivity index (χ4n) is 3.21. The van der Waals surface area contributed by atoms with E-state index in [-0.39, 0.29) is 0 Å². The lowest BCUT2D eigenvalue weighted by molar-refractivity contribution is 0.111. The number of carbonyl (C=O) groups excluding carboxylic acids is 2. The van der Waals surface area contributed by atoms with Crippen LogP contribution in [0.2, 0.25) is 0 Å². The van der Waals surface area contributed by atoms with Crippen LogP contribution in [0, 0.1) is 0 Å². The van der Waals surface area contributed by atoms with E-state index in [2.05, 4.69) is 48.5 Å². The summed E-state index contributed by atoms with van der Waals surface area (Å²) < 4.78 is 11.6. The highest BCUT2D eigenvalue weighted by atomic mass is 16.5. The molecule has 0 aliphatic heterocycles. The van der Waals surface area contributed by atoms with E-state index in [1.165, 1.54) is 0 Å². The van der Waals surface area contributed by atoms with Crippen molar-refractivity contribution >= 4 is 12.6 Å². The number of benzene rings is 4. The number of carbonyl (C=O) groups is 2. The van der Waals surface area contributed by atoms with Crippen molar-refractivity contribution in [3.8, 4) is 22.6 Å². The van der Waals surface area contributed by atoms with Crippen molar-refractivity contribution < 1.29 is 19.1 Å². The van der Waals surface area contributed by atoms with Gasteiger partial charge in [0.1, 0.15) is 37.3 Å². The molecule has 0 N–H and O–H groups in total. The van der Waals surface area contributed by atoms with Crippen molar-refractivity contribution in [3.05, 3.63) is 119 Å². The van der Waals surface area contributed by atoms with Gasteiger partial charge in [-0.1, -0.05) is 48.5 Å². The van der Waals surface area contributed by atoms with Gasteiger partial charge in [0.05, 0.1) is 0 Å². The maximum Gasteiger partial charge on any atom is 0.150 e. The summed E-state index contributed by atoms with van der Waals surface area (Å²) in [5.41, 5.74) is 5.65. The monoisotopic (exact) mass is 422 g/mol. The summed E-state index contributed by atoms with van der Waals surface area (Å²) in [4.78, 5) is 21.4. The summed E-state index contributed by atoms with van der Waals surface area (Å²) in [5, 5.41) is 0. The van der Waals surface area contributed by atoms with E-state index in [1.807, 2.05) is 0 Å². The maximum absolute atomic E-state index is 10.7. The first-order valence-electron chi connectivity index (χ1n) is 10.3. The first-order chi connectivity index (χ1) is 15.7. The lowest BCUT2D eigenvalue weighted by atomic mass is 10.0. The van der Waals surface area contributed by atoms with Gasteiger partial charge in [-0.25, -0.2) is 0 Å². The van der Waals surface area contributed by atoms with Crippen LogP contribution in [0.3, 0.4) is 0 Å². The molecule has 4 aromatic carbocycles. The average Bonchev–Trinajstić information content (AvgIpc) is 2.87. The predicted molar refractivity (Wildman–Crippen MR) is 124 cm³/mol. The fraction of sp³-hybridized carbons (Fsp3) is 0.0714. The molecule has 158 valence electrons. The average molecular weight is 422 g/mol. The first kappa shape index (κ1) is 21.1. The molecule has 4 nitrogen and oxygen atoms in total. The molecule has 0 atom stereocenters. The van der Waals surface area contributed by atoms with E-state index in [1.54, 1.807) is 48.5 Å². The summed E-state index contributed by atoms with van der Waals surface area (Å²) in [7, 11) is 0. The number of aldehydes is 2. The largest absolute Gasteiger partial charge is 0.489 e. The summed E-state index contributed by atoms with van der Waals surface area (Å²) >= 11 is 0. The van der Waals surface area contributed by atoms with Gasteiger partial charge in [-0.05, 0) is 70.8 Å². The highest BCUT2D eigenvalue weighted by molar-refractivity contribution is 5.75. The van der Waals surface area contributed by atoms with Crippen molar-refractivity contribution in [2.45, 2.75) is 13.2 Å². The van der Waals surface area contributed by atoms with E-state index in [0.29, 0.717) is 24.3 Å². The lowest BCUT2D eigenvalue weighted by Gasteiger charge is -2.09. The minimum Gasteiger partial charge on any atom is -0.489 e. The van der Waals surface area contributed by atoms with Crippen molar-refractivity contribution in [1.82, 2.24) is 0 Å². The predicted octanol–water partition coefficient (Wildman–Crippen LogP) is 6.14. The molecule has 0 fully saturated rings. The van der Waals surface area contributed by atoms with Gasteiger partial charge >= 0.3 is 0 Å². The van der Waals surface area contributed by atoms with E-state index in [4.69, 9.17) is 9.47 Å². The van der Waals surface area contributed by atoms with Crippen molar-refractivity contribution in [3.63, 3.8) is 0 Å². The third kappa shape index (κ3) is 5.49. The van der Waals surface area contributed by atoms with Gasteiger partial charge in [-0.3, -0.25) is 9.59 Å². The molecule has 0 aliphatic carbocycles. The van der Waals surface area contributed by atoms with Crippen LogP contribution in [0.1, 0.15) is 31.8 Å². The Morgan fingerprint density at radius 3 is 1.12 bits per heavy atom. The first-order valence-corrected chi connectivity index (χ1v) is 10.3. The number of hydrogen-bond donors (Lipinski definition) is 0. The van der Waals surface area contributed by atoms with Crippen LogP contribution < -0.4 is 9.47 Å². The van der Waals surface area contributed by atoms with Gasteiger partial charge in [-0.15, -0.1) is 0 Å². The molecule has 0 bridgehead atoms. The molecule has 0 saturated carbocycles. The molecule has 0 saturated heterocycles. The zero-order chi connectivity index (χ0) is 22.2. The minimum absolute atomic E-state index is 0.463. The zero-order valence-corrected chi connectivity index (χ0v) is 17.4. The Balaban J connectivity index is 1.32. The second-order valence-corrected chi connectivity index (χ2v) is 7.34. The van der Waals surface area contributed by atoms with Crippen molar-refractivity contribution in [2.24, 2.45) is 0 Å². The van der Waals surface area contributed by atoms with E-state index in [0.717, 1.165) is 46.3 Å². The summed E-state index contributed by atoms with van der Waals surface area (Å²) in [6, 6.07) is 30.7. The number of ether oxygens (including phenoxy) is 2. The quantitative estimate of drug-likeness (QED) is 0.304. The smallest absolute Gasteiger partial charge is 0.150 e. The second kappa shape index (κ2) is 10.2. The molecule has 4 rings (SSSR count). The fourth-order valence-corrected chi connectivity index (χ4v) is 3.21. The van der Waals surface area contributed by atoms with Crippen LogP contribution in [0.5, 0.6) is 11.5 Å². The second-order valence-electron chi connectivity index (χ2n) is 7.34. The van der Waals surface area contributed by atoms with Gasteiger partial charge in [0, 0.05) is 11.1 Å². The molecule has 4 aromatic rings. The van der Waals surface area contributed by atoms with E-state index < -0.39 is 0 Å². The highest BCUT2D eigenvalue weighted by Crippen LogP contribution is 2.22. The normalized spacial score (nSPS) is 10.4. The molecule has 0 heterocycles. The Morgan fingerprint density at radius 2 is 0.812 bits per heavy atom. The van der Waals surface area contributed by atoms with E-state index in [9.17, 15) is 9.59 Å². The molecule has 4 heteroatoms.